The number of piperidine rings is 1. The maximum Gasteiger partial charge on any atom is 0.274 e. The molecule has 0 amide bonds. The normalized spacial score (nSPS) is 19.5. The zero-order valence-electron chi connectivity index (χ0n) is 17.5. The second kappa shape index (κ2) is 8.64. The molecule has 1 unspecified atom stereocenters. The molecule has 1 aliphatic heterocycles. The van der Waals surface area contributed by atoms with Gasteiger partial charge >= 0.3 is 0 Å². The van der Waals surface area contributed by atoms with E-state index in [4.69, 9.17) is 4.42 Å². The molecule has 1 atom stereocenters. The van der Waals surface area contributed by atoms with E-state index in [1.54, 1.807) is 11.8 Å². The minimum absolute atomic E-state index is 0.0410. The van der Waals surface area contributed by atoms with Crippen molar-refractivity contribution in [1.29, 1.82) is 0 Å². The highest BCUT2D eigenvalue weighted by Crippen LogP contribution is 2.39. The highest BCUT2D eigenvalue weighted by Gasteiger charge is 2.42. The van der Waals surface area contributed by atoms with Gasteiger partial charge in [-0.15, -0.1) is 10.2 Å². The van der Waals surface area contributed by atoms with Crippen LogP contribution in [0.15, 0.2) is 16.5 Å². The molecule has 31 heavy (non-hydrogen) atoms. The van der Waals surface area contributed by atoms with E-state index in [0.717, 1.165) is 6.07 Å². The summed E-state index contributed by atoms with van der Waals surface area (Å²) in [6.45, 7) is 4.74. The summed E-state index contributed by atoms with van der Waals surface area (Å²) in [7, 11) is 0. The van der Waals surface area contributed by atoms with Gasteiger partial charge in [-0.05, 0) is 38.1 Å². The minimum Gasteiger partial charge on any atom is -0.420 e. The highest BCUT2D eigenvalue weighted by molar-refractivity contribution is 5.75. The summed E-state index contributed by atoms with van der Waals surface area (Å²) in [5.74, 6) is -8.70. The quantitative estimate of drug-likeness (QED) is 0.556. The van der Waals surface area contributed by atoms with Crippen LogP contribution in [0.1, 0.15) is 56.0 Å². The standard InChI is InChI=1S/C21H24F5N3O2/c1-4-29-10-14(9-20(23,24)11-29)18-27-28-19(31-18)15-7-12(2)16(8-17(15)22)21(25,26)6-5-13(3)30/h7-8,14H,4-6,9-11H2,1-3H3. The molecular formula is C21H24F5N3O2. The third-order valence-corrected chi connectivity index (χ3v) is 5.45. The number of hydrogen-bond donors (Lipinski definition) is 0. The Hall–Kier alpha value is -2.36. The molecule has 0 N–H and O–H groups in total. The van der Waals surface area contributed by atoms with Gasteiger partial charge in [0, 0.05) is 31.4 Å². The van der Waals surface area contributed by atoms with E-state index in [0.29, 0.717) is 19.2 Å². The zero-order valence-corrected chi connectivity index (χ0v) is 17.5. The number of alkyl halides is 4. The number of aromatic nitrogens is 2. The van der Waals surface area contributed by atoms with Gasteiger partial charge in [0.25, 0.3) is 17.7 Å². The molecule has 0 saturated carbocycles. The van der Waals surface area contributed by atoms with Crippen LogP contribution in [-0.2, 0) is 10.7 Å². The number of likely N-dealkylation sites (N-methyl/N-ethyl adjacent to an activating group) is 1. The van der Waals surface area contributed by atoms with Gasteiger partial charge < -0.3 is 9.21 Å². The second-order valence-electron chi connectivity index (χ2n) is 8.08. The molecule has 170 valence electrons. The lowest BCUT2D eigenvalue weighted by Crippen LogP contribution is -2.46. The largest absolute Gasteiger partial charge is 0.420 e. The van der Waals surface area contributed by atoms with E-state index >= 15 is 0 Å². The fraction of sp³-hybridized carbons (Fsp3) is 0.571. The first-order valence-electron chi connectivity index (χ1n) is 10.0. The number of ketones is 1. The van der Waals surface area contributed by atoms with E-state index in [1.165, 1.54) is 13.8 Å². The first-order valence-corrected chi connectivity index (χ1v) is 10.0. The van der Waals surface area contributed by atoms with E-state index < -0.39 is 42.0 Å². The zero-order chi connectivity index (χ0) is 23.0. The molecule has 0 radical (unpaired) electrons. The Kier molecular flexibility index (Phi) is 6.50. The number of hydrogen-bond acceptors (Lipinski definition) is 5. The van der Waals surface area contributed by atoms with Crippen molar-refractivity contribution in [3.63, 3.8) is 0 Å². The Bertz CT molecular complexity index is 960. The number of rotatable bonds is 7. The van der Waals surface area contributed by atoms with Crippen molar-refractivity contribution in [2.24, 2.45) is 0 Å². The second-order valence-corrected chi connectivity index (χ2v) is 8.08. The Balaban J connectivity index is 1.87. The number of Topliss-reactive ketones (excluding diaryl/α,β-unsaturated/α-hetero) is 1. The number of likely N-dealkylation sites (tertiary alicyclic amines) is 1. The Morgan fingerprint density at radius 2 is 2.03 bits per heavy atom. The Morgan fingerprint density at radius 1 is 1.32 bits per heavy atom. The van der Waals surface area contributed by atoms with Gasteiger partial charge in [0.1, 0.15) is 11.6 Å². The van der Waals surface area contributed by atoms with E-state index in [2.05, 4.69) is 10.2 Å². The van der Waals surface area contributed by atoms with Gasteiger partial charge in [0.05, 0.1) is 18.0 Å². The fourth-order valence-corrected chi connectivity index (χ4v) is 3.81. The molecule has 1 fully saturated rings. The van der Waals surface area contributed by atoms with Crippen LogP contribution in [0.25, 0.3) is 11.5 Å². The smallest absolute Gasteiger partial charge is 0.274 e. The predicted octanol–water partition coefficient (Wildman–Crippen LogP) is 5.09. The van der Waals surface area contributed by atoms with Crippen LogP contribution in [0.3, 0.4) is 0 Å². The Morgan fingerprint density at radius 3 is 2.68 bits per heavy atom. The molecule has 2 aromatic rings. The van der Waals surface area contributed by atoms with E-state index in [1.807, 2.05) is 0 Å². The molecule has 5 nitrogen and oxygen atoms in total. The SMILES string of the molecule is CCN1CC(c2nnc(-c3cc(C)c(C(F)(F)CCC(C)=O)cc3F)o2)CC(F)(F)C1. The average Bonchev–Trinajstić information content (AvgIpc) is 3.16. The van der Waals surface area contributed by atoms with Crippen LogP contribution in [0, 0.1) is 12.7 Å². The fourth-order valence-electron chi connectivity index (χ4n) is 3.81. The summed E-state index contributed by atoms with van der Waals surface area (Å²) in [6.07, 6.45) is -1.52. The maximum atomic E-state index is 14.7. The van der Waals surface area contributed by atoms with Crippen molar-refractivity contribution in [2.75, 3.05) is 19.6 Å². The summed E-state index contributed by atoms with van der Waals surface area (Å²) in [5.41, 5.74) is -0.622. The van der Waals surface area contributed by atoms with Crippen LogP contribution < -0.4 is 0 Å². The molecule has 1 aromatic carbocycles. The molecular weight excluding hydrogens is 421 g/mol. The lowest BCUT2D eigenvalue weighted by molar-refractivity contribution is -0.119. The average molecular weight is 445 g/mol. The van der Waals surface area contributed by atoms with Gasteiger partial charge in [0.15, 0.2) is 0 Å². The van der Waals surface area contributed by atoms with Gasteiger partial charge in [0.2, 0.25) is 5.89 Å². The van der Waals surface area contributed by atoms with Gasteiger partial charge in [-0.1, -0.05) is 6.92 Å². The third kappa shape index (κ3) is 5.28. The summed E-state index contributed by atoms with van der Waals surface area (Å²) < 4.78 is 77.1. The number of halogens is 5. The van der Waals surface area contributed by atoms with Crippen molar-refractivity contribution in [2.45, 2.75) is 57.8 Å². The molecule has 1 aromatic heterocycles. The molecule has 0 spiro atoms. The molecule has 0 aliphatic carbocycles. The lowest BCUT2D eigenvalue weighted by Gasteiger charge is -2.35. The van der Waals surface area contributed by atoms with Gasteiger partial charge in [-0.2, -0.15) is 0 Å². The number of carbonyl (C=O) groups is 1. The van der Waals surface area contributed by atoms with Crippen molar-refractivity contribution in [1.82, 2.24) is 15.1 Å². The monoisotopic (exact) mass is 445 g/mol. The predicted molar refractivity (Wildman–Crippen MR) is 103 cm³/mol. The van der Waals surface area contributed by atoms with Crippen LogP contribution in [0.2, 0.25) is 0 Å². The topological polar surface area (TPSA) is 59.2 Å². The summed E-state index contributed by atoms with van der Waals surface area (Å²) >= 11 is 0. The summed E-state index contributed by atoms with van der Waals surface area (Å²) in [6, 6.07) is 1.86. The molecule has 2 heterocycles. The van der Waals surface area contributed by atoms with Crippen molar-refractivity contribution in [3.8, 4) is 11.5 Å². The van der Waals surface area contributed by atoms with Crippen molar-refractivity contribution < 1.29 is 31.2 Å². The van der Waals surface area contributed by atoms with E-state index in [9.17, 15) is 26.7 Å². The first-order chi connectivity index (χ1) is 14.4. The molecule has 1 aliphatic rings. The number of nitrogens with zero attached hydrogens (tertiary/aromatic N) is 3. The lowest BCUT2D eigenvalue weighted by atomic mass is 9.95. The minimum atomic E-state index is -3.38. The third-order valence-electron chi connectivity index (χ3n) is 5.45. The van der Waals surface area contributed by atoms with Crippen LogP contribution in [0.5, 0.6) is 0 Å². The highest BCUT2D eigenvalue weighted by atomic mass is 19.3. The molecule has 1 saturated heterocycles. The van der Waals surface area contributed by atoms with Gasteiger partial charge in [-0.25, -0.2) is 22.0 Å². The summed E-state index contributed by atoms with van der Waals surface area (Å²) in [5, 5.41) is 7.57. The van der Waals surface area contributed by atoms with Crippen LogP contribution >= 0.6 is 0 Å². The van der Waals surface area contributed by atoms with Crippen molar-refractivity contribution >= 4 is 5.78 Å². The Labute approximate surface area is 176 Å². The molecule has 3 rings (SSSR count). The van der Waals surface area contributed by atoms with E-state index in [-0.39, 0.29) is 41.7 Å². The van der Waals surface area contributed by atoms with Crippen molar-refractivity contribution in [3.05, 3.63) is 35.0 Å². The van der Waals surface area contributed by atoms with Gasteiger partial charge in [-0.3, -0.25) is 4.90 Å². The number of aryl methyl sites for hydroxylation is 1. The molecule has 10 heteroatoms. The first kappa shape index (κ1) is 23.3. The van der Waals surface area contributed by atoms with Crippen LogP contribution in [-0.4, -0.2) is 46.4 Å². The number of carbonyl (C=O) groups excluding carboxylic acids is 1. The number of benzene rings is 1. The maximum absolute atomic E-state index is 14.7. The molecule has 0 bridgehead atoms. The van der Waals surface area contributed by atoms with Crippen LogP contribution in [0.4, 0.5) is 22.0 Å². The summed E-state index contributed by atoms with van der Waals surface area (Å²) in [4.78, 5) is 12.6.